The largest absolute Gasteiger partial charge is 0.466 e. The van der Waals surface area contributed by atoms with Gasteiger partial charge in [0.05, 0.1) is 19.9 Å². The smallest absolute Gasteiger partial charge is 0.330 e. The lowest BCUT2D eigenvalue weighted by Crippen LogP contribution is -2.36. The standard InChI is InChI=1S/C30H30FN3O3/c1-33-29-24(18-32-33)17-22-11-7-12-23(27(22)28(29)31)19-34(30(36)21-9-4-3-5-10-21)25-13-6-8-20(16-25)14-15-26(35)37-2/h6-8,11-18,21H,3-5,9-10,19H2,1-2H3/b15-14+. The Hall–Kier alpha value is -4.00. The molecule has 0 saturated heterocycles. The number of fused-ring (bicyclic) bond motifs is 2. The quantitative estimate of drug-likeness (QED) is 0.235. The summed E-state index contributed by atoms with van der Waals surface area (Å²) in [6.07, 6.45) is 9.61. The monoisotopic (exact) mass is 499 g/mol. The Labute approximate surface area is 215 Å². The molecule has 1 aliphatic carbocycles. The van der Waals surface area contributed by atoms with Gasteiger partial charge in [-0.2, -0.15) is 5.10 Å². The molecule has 0 N–H and O–H groups in total. The third-order valence-corrected chi connectivity index (χ3v) is 7.23. The maximum absolute atomic E-state index is 15.9. The number of halogens is 1. The first-order valence-electron chi connectivity index (χ1n) is 12.7. The van der Waals surface area contributed by atoms with Crippen LogP contribution in [0, 0.1) is 11.7 Å². The van der Waals surface area contributed by atoms with Gasteiger partial charge in [-0.25, -0.2) is 9.18 Å². The highest BCUT2D eigenvalue weighted by atomic mass is 19.1. The first kappa shape index (κ1) is 24.7. The third kappa shape index (κ3) is 4.99. The number of carbonyl (C=O) groups is 2. The highest BCUT2D eigenvalue weighted by molar-refractivity contribution is 6.00. The molecule has 0 spiro atoms. The first-order valence-corrected chi connectivity index (χ1v) is 12.7. The number of benzene rings is 3. The minimum Gasteiger partial charge on any atom is -0.466 e. The van der Waals surface area contributed by atoms with Crippen molar-refractivity contribution in [2.45, 2.75) is 38.6 Å². The van der Waals surface area contributed by atoms with Crippen LogP contribution in [0.5, 0.6) is 0 Å². The Morgan fingerprint density at radius 3 is 2.68 bits per heavy atom. The van der Waals surface area contributed by atoms with E-state index in [4.69, 9.17) is 4.74 Å². The number of esters is 1. The van der Waals surface area contributed by atoms with E-state index in [-0.39, 0.29) is 24.2 Å². The van der Waals surface area contributed by atoms with E-state index in [1.165, 1.54) is 13.2 Å². The number of aromatic nitrogens is 2. The van der Waals surface area contributed by atoms with E-state index < -0.39 is 5.97 Å². The fraction of sp³-hybridized carbons (Fsp3) is 0.300. The molecule has 0 aliphatic heterocycles. The lowest BCUT2D eigenvalue weighted by molar-refractivity contribution is -0.134. The van der Waals surface area contributed by atoms with Crippen molar-refractivity contribution in [1.29, 1.82) is 0 Å². The molecule has 6 nitrogen and oxygen atoms in total. The van der Waals surface area contributed by atoms with Crippen LogP contribution >= 0.6 is 0 Å². The van der Waals surface area contributed by atoms with Gasteiger partial charge < -0.3 is 9.64 Å². The fourth-order valence-corrected chi connectivity index (χ4v) is 5.32. The fourth-order valence-electron chi connectivity index (χ4n) is 5.32. The molecule has 3 aromatic carbocycles. The van der Waals surface area contributed by atoms with Crippen LogP contribution in [0.2, 0.25) is 0 Å². The van der Waals surface area contributed by atoms with Gasteiger partial charge in [0.2, 0.25) is 5.91 Å². The van der Waals surface area contributed by atoms with Gasteiger partial charge in [0.15, 0.2) is 5.82 Å². The van der Waals surface area contributed by atoms with Crippen molar-refractivity contribution in [2.24, 2.45) is 13.0 Å². The number of aryl methyl sites for hydroxylation is 1. The number of nitrogens with zero attached hydrogens (tertiary/aromatic N) is 3. The van der Waals surface area contributed by atoms with Gasteiger partial charge in [0, 0.05) is 35.5 Å². The molecule has 1 fully saturated rings. The topological polar surface area (TPSA) is 64.4 Å². The molecule has 4 aromatic rings. The highest BCUT2D eigenvalue weighted by Crippen LogP contribution is 2.33. The van der Waals surface area contributed by atoms with Crippen molar-refractivity contribution < 1.29 is 18.7 Å². The number of methoxy groups -OCH3 is 1. The zero-order valence-electron chi connectivity index (χ0n) is 21.1. The summed E-state index contributed by atoms with van der Waals surface area (Å²) in [5.41, 5.74) is 2.66. The van der Waals surface area contributed by atoms with E-state index in [0.717, 1.165) is 54.0 Å². The van der Waals surface area contributed by atoms with Gasteiger partial charge >= 0.3 is 5.97 Å². The van der Waals surface area contributed by atoms with Crippen LogP contribution in [0.25, 0.3) is 27.8 Å². The summed E-state index contributed by atoms with van der Waals surface area (Å²) in [7, 11) is 3.06. The minimum absolute atomic E-state index is 0.0489. The number of anilines is 1. The number of hydrogen-bond donors (Lipinski definition) is 0. The van der Waals surface area contributed by atoms with Gasteiger partial charge in [-0.1, -0.05) is 49.6 Å². The maximum Gasteiger partial charge on any atom is 0.330 e. The molecule has 0 unspecified atom stereocenters. The Bertz CT molecular complexity index is 1500. The van der Waals surface area contributed by atoms with Gasteiger partial charge in [-0.3, -0.25) is 9.48 Å². The second kappa shape index (κ2) is 10.5. The Kier molecular flexibility index (Phi) is 7.04. The second-order valence-electron chi connectivity index (χ2n) is 9.62. The summed E-state index contributed by atoms with van der Waals surface area (Å²) in [5.74, 6) is -0.796. The van der Waals surface area contributed by atoms with Crippen LogP contribution in [0.15, 0.2) is 60.8 Å². The zero-order chi connectivity index (χ0) is 25.9. The van der Waals surface area contributed by atoms with E-state index in [1.54, 1.807) is 28.9 Å². The summed E-state index contributed by atoms with van der Waals surface area (Å²) in [4.78, 5) is 27.3. The van der Waals surface area contributed by atoms with E-state index in [0.29, 0.717) is 16.6 Å². The van der Waals surface area contributed by atoms with E-state index in [2.05, 4.69) is 5.10 Å². The molecule has 1 aliphatic rings. The number of amides is 1. The molecule has 1 amide bonds. The third-order valence-electron chi connectivity index (χ3n) is 7.23. The van der Waals surface area contributed by atoms with E-state index in [9.17, 15) is 9.59 Å². The molecule has 37 heavy (non-hydrogen) atoms. The van der Waals surface area contributed by atoms with Crippen molar-refractivity contribution in [1.82, 2.24) is 9.78 Å². The minimum atomic E-state index is -0.451. The van der Waals surface area contributed by atoms with Crippen LogP contribution < -0.4 is 4.90 Å². The molecule has 1 aromatic heterocycles. The lowest BCUT2D eigenvalue weighted by atomic mass is 9.88. The predicted octanol–water partition coefficient (Wildman–Crippen LogP) is 6.17. The number of carbonyl (C=O) groups excluding carboxylic acids is 2. The van der Waals surface area contributed by atoms with Crippen molar-refractivity contribution in [2.75, 3.05) is 12.0 Å². The first-order chi connectivity index (χ1) is 18.0. The second-order valence-corrected chi connectivity index (χ2v) is 9.62. The molecule has 1 heterocycles. The predicted molar refractivity (Wildman–Crippen MR) is 143 cm³/mol. The lowest BCUT2D eigenvalue weighted by Gasteiger charge is -2.30. The van der Waals surface area contributed by atoms with Crippen LogP contribution in [0.4, 0.5) is 10.1 Å². The molecule has 0 radical (unpaired) electrons. The van der Waals surface area contributed by atoms with Crippen LogP contribution in [-0.4, -0.2) is 28.8 Å². The number of hydrogen-bond acceptors (Lipinski definition) is 4. The Morgan fingerprint density at radius 2 is 1.89 bits per heavy atom. The molecule has 0 bridgehead atoms. The Morgan fingerprint density at radius 1 is 1.11 bits per heavy atom. The van der Waals surface area contributed by atoms with Crippen LogP contribution in [0.3, 0.4) is 0 Å². The summed E-state index contributed by atoms with van der Waals surface area (Å²) in [6.45, 7) is 0.233. The molecule has 5 rings (SSSR count). The molecule has 0 atom stereocenters. The van der Waals surface area contributed by atoms with Gasteiger partial charge in [0.25, 0.3) is 0 Å². The number of ether oxygens (including phenoxy) is 1. The molecular weight excluding hydrogens is 469 g/mol. The van der Waals surface area contributed by atoms with E-state index >= 15 is 4.39 Å². The highest BCUT2D eigenvalue weighted by Gasteiger charge is 2.28. The maximum atomic E-state index is 15.9. The van der Waals surface area contributed by atoms with Crippen molar-refractivity contribution in [3.63, 3.8) is 0 Å². The van der Waals surface area contributed by atoms with Gasteiger partial charge in [-0.15, -0.1) is 0 Å². The normalized spacial score (nSPS) is 14.5. The SMILES string of the molecule is COC(=O)/C=C/c1cccc(N(Cc2cccc3cc4cnn(C)c4c(F)c23)C(=O)C2CCCCC2)c1. The van der Waals surface area contributed by atoms with Gasteiger partial charge in [0.1, 0.15) is 5.52 Å². The molecule has 7 heteroatoms. The van der Waals surface area contributed by atoms with Crippen molar-refractivity contribution in [3.05, 3.63) is 77.7 Å². The van der Waals surface area contributed by atoms with Gasteiger partial charge in [-0.05, 0) is 53.6 Å². The summed E-state index contributed by atoms with van der Waals surface area (Å²) in [6, 6.07) is 15.1. The summed E-state index contributed by atoms with van der Waals surface area (Å²) in [5, 5.41) is 6.24. The van der Waals surface area contributed by atoms with Crippen LogP contribution in [0.1, 0.15) is 43.2 Å². The Balaban J connectivity index is 1.59. The molecule has 190 valence electrons. The molecule has 1 saturated carbocycles. The van der Waals surface area contributed by atoms with E-state index in [1.807, 2.05) is 48.5 Å². The summed E-state index contributed by atoms with van der Waals surface area (Å²) < 4.78 is 22.1. The van der Waals surface area contributed by atoms with Crippen LogP contribution in [-0.2, 0) is 27.9 Å². The molecular formula is C30H30FN3O3. The van der Waals surface area contributed by atoms with Crippen molar-refractivity contribution in [3.8, 4) is 0 Å². The average Bonchev–Trinajstić information content (AvgIpc) is 3.31. The van der Waals surface area contributed by atoms with Crippen molar-refractivity contribution >= 4 is 45.3 Å². The average molecular weight is 500 g/mol. The number of rotatable bonds is 6. The zero-order valence-corrected chi connectivity index (χ0v) is 21.1. The summed E-state index contributed by atoms with van der Waals surface area (Å²) >= 11 is 0.